The number of unbranched alkanes of at least 4 members (excludes halogenated alkanes) is 1. The van der Waals surface area contributed by atoms with Crippen LogP contribution < -0.4 is 10.6 Å². The summed E-state index contributed by atoms with van der Waals surface area (Å²) in [5.74, 6) is 1.37. The Hall–Kier alpha value is -2.51. The molecule has 6 nitrogen and oxygen atoms in total. The van der Waals surface area contributed by atoms with Gasteiger partial charge in [-0.2, -0.15) is 0 Å². The summed E-state index contributed by atoms with van der Waals surface area (Å²) < 4.78 is 28.8. The lowest BCUT2D eigenvalue weighted by atomic mass is 10.1. The standard InChI is InChI=1S/C18H26F2N6/c1-4-5-9-21-18(23-12-17-25-24-13(2)26(17)3)22-10-8-14-11-15(19)6-7-16(14)20/h6-7,11H,4-5,8-10,12H2,1-3H3,(H2,21,22,23). The van der Waals surface area contributed by atoms with Gasteiger partial charge in [-0.05, 0) is 43.5 Å². The third-order valence-electron chi connectivity index (χ3n) is 4.08. The molecule has 0 aliphatic carbocycles. The van der Waals surface area contributed by atoms with Crippen LogP contribution in [0.5, 0.6) is 0 Å². The second kappa shape index (κ2) is 9.84. The van der Waals surface area contributed by atoms with E-state index in [0.29, 0.717) is 31.0 Å². The highest BCUT2D eigenvalue weighted by atomic mass is 19.1. The Morgan fingerprint density at radius 3 is 2.65 bits per heavy atom. The molecule has 1 heterocycles. The molecule has 0 aliphatic heterocycles. The van der Waals surface area contributed by atoms with E-state index in [-0.39, 0.29) is 0 Å². The molecule has 26 heavy (non-hydrogen) atoms. The van der Waals surface area contributed by atoms with Crippen molar-refractivity contribution in [3.8, 4) is 0 Å². The van der Waals surface area contributed by atoms with Crippen LogP contribution in [0.4, 0.5) is 8.78 Å². The minimum absolute atomic E-state index is 0.342. The molecule has 2 rings (SSSR count). The van der Waals surface area contributed by atoms with Gasteiger partial charge in [0.1, 0.15) is 24.0 Å². The second-order valence-corrected chi connectivity index (χ2v) is 6.08. The first-order valence-electron chi connectivity index (χ1n) is 8.82. The molecule has 2 N–H and O–H groups in total. The zero-order valence-electron chi connectivity index (χ0n) is 15.5. The molecular weight excluding hydrogens is 338 g/mol. The van der Waals surface area contributed by atoms with E-state index in [1.54, 1.807) is 0 Å². The number of aryl methyl sites for hydroxylation is 1. The van der Waals surface area contributed by atoms with Crippen LogP contribution >= 0.6 is 0 Å². The summed E-state index contributed by atoms with van der Waals surface area (Å²) in [5, 5.41) is 14.5. The average molecular weight is 364 g/mol. The second-order valence-electron chi connectivity index (χ2n) is 6.08. The van der Waals surface area contributed by atoms with Gasteiger partial charge in [-0.25, -0.2) is 13.8 Å². The number of rotatable bonds is 8. The predicted octanol–water partition coefficient (Wildman–Crippen LogP) is 2.48. The van der Waals surface area contributed by atoms with Crippen LogP contribution in [0.1, 0.15) is 37.0 Å². The minimum atomic E-state index is -0.436. The molecule has 0 aliphatic rings. The third kappa shape index (κ3) is 5.79. The van der Waals surface area contributed by atoms with Gasteiger partial charge in [0.05, 0.1) is 0 Å². The van der Waals surface area contributed by atoms with Crippen LogP contribution in [-0.4, -0.2) is 33.8 Å². The zero-order valence-corrected chi connectivity index (χ0v) is 15.5. The highest BCUT2D eigenvalue weighted by molar-refractivity contribution is 5.79. The summed E-state index contributed by atoms with van der Waals surface area (Å²) >= 11 is 0. The maximum absolute atomic E-state index is 13.7. The summed E-state index contributed by atoms with van der Waals surface area (Å²) in [6.45, 7) is 5.60. The SMILES string of the molecule is CCCCNC(=NCc1nnc(C)n1C)NCCc1cc(F)ccc1F. The summed E-state index contributed by atoms with van der Waals surface area (Å²) in [6.07, 6.45) is 2.45. The van der Waals surface area contributed by atoms with E-state index < -0.39 is 11.6 Å². The number of aliphatic imine (C=N–C) groups is 1. The van der Waals surface area contributed by atoms with Crippen LogP contribution in [0.2, 0.25) is 0 Å². The molecule has 0 amide bonds. The third-order valence-corrected chi connectivity index (χ3v) is 4.08. The van der Waals surface area contributed by atoms with Gasteiger partial charge in [-0.3, -0.25) is 0 Å². The van der Waals surface area contributed by atoms with E-state index in [2.05, 4.69) is 32.7 Å². The van der Waals surface area contributed by atoms with Crippen molar-refractivity contribution in [3.05, 3.63) is 47.0 Å². The Balaban J connectivity index is 1.96. The molecule has 0 fully saturated rings. The number of aromatic nitrogens is 3. The monoisotopic (exact) mass is 364 g/mol. The van der Waals surface area contributed by atoms with Crippen molar-refractivity contribution in [3.63, 3.8) is 0 Å². The van der Waals surface area contributed by atoms with Crippen LogP contribution in [0, 0.1) is 18.6 Å². The Labute approximate surface area is 152 Å². The van der Waals surface area contributed by atoms with E-state index in [9.17, 15) is 8.78 Å². The molecule has 142 valence electrons. The Bertz CT molecular complexity index is 741. The van der Waals surface area contributed by atoms with E-state index in [4.69, 9.17) is 0 Å². The van der Waals surface area contributed by atoms with Gasteiger partial charge in [0.15, 0.2) is 11.8 Å². The normalized spacial score (nSPS) is 11.7. The number of halogens is 2. The molecule has 0 bridgehead atoms. The molecule has 0 saturated carbocycles. The molecule has 2 aromatic rings. The fraction of sp³-hybridized carbons (Fsp3) is 0.500. The van der Waals surface area contributed by atoms with Crippen LogP contribution in [0.3, 0.4) is 0 Å². The maximum atomic E-state index is 13.7. The quantitative estimate of drug-likeness (QED) is 0.429. The first kappa shape index (κ1) is 19.8. The molecule has 0 radical (unpaired) electrons. The molecule has 1 aromatic carbocycles. The Morgan fingerprint density at radius 2 is 1.96 bits per heavy atom. The molecule has 1 aromatic heterocycles. The fourth-order valence-corrected chi connectivity index (χ4v) is 2.35. The fourth-order valence-electron chi connectivity index (χ4n) is 2.35. The Kier molecular flexibility index (Phi) is 7.50. The molecule has 8 heteroatoms. The van der Waals surface area contributed by atoms with Crippen molar-refractivity contribution < 1.29 is 8.78 Å². The van der Waals surface area contributed by atoms with E-state index in [1.165, 1.54) is 6.07 Å². The minimum Gasteiger partial charge on any atom is -0.356 e. The lowest BCUT2D eigenvalue weighted by Gasteiger charge is -2.12. The zero-order chi connectivity index (χ0) is 18.9. The first-order chi connectivity index (χ1) is 12.5. The van der Waals surface area contributed by atoms with E-state index in [1.807, 2.05) is 18.5 Å². The molecular formula is C18H26F2N6. The first-order valence-corrected chi connectivity index (χ1v) is 8.82. The van der Waals surface area contributed by atoms with E-state index >= 15 is 0 Å². The Morgan fingerprint density at radius 1 is 1.19 bits per heavy atom. The lowest BCUT2D eigenvalue weighted by Crippen LogP contribution is -2.39. The summed E-state index contributed by atoms with van der Waals surface area (Å²) in [6, 6.07) is 3.49. The number of hydrogen-bond acceptors (Lipinski definition) is 3. The van der Waals surface area contributed by atoms with Gasteiger partial charge in [-0.15, -0.1) is 10.2 Å². The van der Waals surface area contributed by atoms with Crippen molar-refractivity contribution in [2.45, 2.75) is 39.7 Å². The summed E-state index contributed by atoms with van der Waals surface area (Å²) in [5.41, 5.74) is 0.342. The van der Waals surface area contributed by atoms with Gasteiger partial charge >= 0.3 is 0 Å². The van der Waals surface area contributed by atoms with Crippen molar-refractivity contribution in [1.82, 2.24) is 25.4 Å². The largest absolute Gasteiger partial charge is 0.356 e. The van der Waals surface area contributed by atoms with Gasteiger partial charge in [0, 0.05) is 20.1 Å². The van der Waals surface area contributed by atoms with E-state index in [0.717, 1.165) is 43.2 Å². The van der Waals surface area contributed by atoms with Gasteiger partial charge < -0.3 is 15.2 Å². The lowest BCUT2D eigenvalue weighted by molar-refractivity contribution is 0.582. The molecule has 0 atom stereocenters. The topological polar surface area (TPSA) is 67.1 Å². The molecule has 0 unspecified atom stereocenters. The molecule has 0 spiro atoms. The smallest absolute Gasteiger partial charge is 0.191 e. The predicted molar refractivity (Wildman–Crippen MR) is 97.9 cm³/mol. The van der Waals surface area contributed by atoms with Crippen LogP contribution in [0.25, 0.3) is 0 Å². The van der Waals surface area contributed by atoms with Crippen LogP contribution in [0.15, 0.2) is 23.2 Å². The molecule has 0 saturated heterocycles. The van der Waals surface area contributed by atoms with Gasteiger partial charge in [0.25, 0.3) is 0 Å². The number of guanidine groups is 1. The maximum Gasteiger partial charge on any atom is 0.191 e. The summed E-state index contributed by atoms with van der Waals surface area (Å²) in [7, 11) is 1.89. The highest BCUT2D eigenvalue weighted by Gasteiger charge is 2.07. The summed E-state index contributed by atoms with van der Waals surface area (Å²) in [4.78, 5) is 4.51. The van der Waals surface area contributed by atoms with Gasteiger partial charge in [-0.1, -0.05) is 13.3 Å². The van der Waals surface area contributed by atoms with Crippen molar-refractivity contribution in [2.75, 3.05) is 13.1 Å². The average Bonchev–Trinajstić information content (AvgIpc) is 2.94. The number of benzene rings is 1. The van der Waals surface area contributed by atoms with Crippen molar-refractivity contribution in [2.24, 2.45) is 12.0 Å². The number of nitrogens with zero attached hydrogens (tertiary/aromatic N) is 4. The highest BCUT2D eigenvalue weighted by Crippen LogP contribution is 2.09. The number of hydrogen-bond donors (Lipinski definition) is 2. The van der Waals surface area contributed by atoms with Gasteiger partial charge in [0.2, 0.25) is 0 Å². The van der Waals surface area contributed by atoms with Crippen molar-refractivity contribution in [1.29, 1.82) is 0 Å². The number of nitrogens with one attached hydrogen (secondary N) is 2. The van der Waals surface area contributed by atoms with Crippen LogP contribution in [-0.2, 0) is 20.0 Å². The van der Waals surface area contributed by atoms with Crippen molar-refractivity contribution >= 4 is 5.96 Å².